The smallest absolute Gasteiger partial charge is 0.258 e. The number of rotatable bonds is 6. The first kappa shape index (κ1) is 16.4. The number of benzene rings is 2. The van der Waals surface area contributed by atoms with Crippen molar-refractivity contribution in [1.29, 1.82) is 0 Å². The van der Waals surface area contributed by atoms with E-state index in [-0.39, 0.29) is 12.5 Å². The fourth-order valence-corrected chi connectivity index (χ4v) is 2.11. The minimum Gasteiger partial charge on any atom is -0.484 e. The summed E-state index contributed by atoms with van der Waals surface area (Å²) in [6.07, 6.45) is 0. The summed E-state index contributed by atoms with van der Waals surface area (Å²) in [6, 6.07) is 15.4. The van der Waals surface area contributed by atoms with Crippen LogP contribution in [0.25, 0.3) is 0 Å². The minimum absolute atomic E-state index is 0.0113. The molecule has 0 bridgehead atoms. The van der Waals surface area contributed by atoms with Crippen LogP contribution in [0.2, 0.25) is 0 Å². The third-order valence-electron chi connectivity index (χ3n) is 3.13. The highest BCUT2D eigenvalue weighted by molar-refractivity contribution is 9.10. The zero-order valence-corrected chi connectivity index (χ0v) is 14.3. The highest BCUT2D eigenvalue weighted by Gasteiger charge is 2.03. The van der Waals surface area contributed by atoms with Gasteiger partial charge in [-0.2, -0.15) is 0 Å². The number of ether oxygens (including phenoxy) is 1. The van der Waals surface area contributed by atoms with Gasteiger partial charge in [0.05, 0.1) is 0 Å². The fourth-order valence-electron chi connectivity index (χ4n) is 1.84. The van der Waals surface area contributed by atoms with Crippen LogP contribution in [0.3, 0.4) is 0 Å². The van der Waals surface area contributed by atoms with Gasteiger partial charge in [0.1, 0.15) is 5.75 Å². The Morgan fingerprint density at radius 3 is 2.32 bits per heavy atom. The van der Waals surface area contributed by atoms with Gasteiger partial charge in [0.2, 0.25) is 0 Å². The Kier molecular flexibility index (Phi) is 5.83. The van der Waals surface area contributed by atoms with Gasteiger partial charge in [-0.15, -0.1) is 0 Å². The molecule has 0 spiro atoms. The second-order valence-electron chi connectivity index (χ2n) is 5.08. The second kappa shape index (κ2) is 7.84. The molecular formula is C17H19BrN2O2. The van der Waals surface area contributed by atoms with Crippen LogP contribution < -0.4 is 15.0 Å². The predicted molar refractivity (Wildman–Crippen MR) is 92.3 cm³/mol. The summed E-state index contributed by atoms with van der Waals surface area (Å²) in [7, 11) is 3.99. The van der Waals surface area contributed by atoms with E-state index in [1.54, 1.807) is 0 Å². The molecule has 0 saturated carbocycles. The lowest BCUT2D eigenvalue weighted by Gasteiger charge is -2.13. The molecular weight excluding hydrogens is 344 g/mol. The highest BCUT2D eigenvalue weighted by atomic mass is 79.9. The van der Waals surface area contributed by atoms with Crippen molar-refractivity contribution in [2.24, 2.45) is 0 Å². The first-order chi connectivity index (χ1) is 10.5. The van der Waals surface area contributed by atoms with Crippen LogP contribution in [0.4, 0.5) is 5.69 Å². The molecule has 116 valence electrons. The highest BCUT2D eigenvalue weighted by Crippen LogP contribution is 2.16. The molecule has 0 aliphatic carbocycles. The maximum atomic E-state index is 11.8. The number of carbonyl (C=O) groups excluding carboxylic acids is 1. The zero-order valence-electron chi connectivity index (χ0n) is 12.7. The summed E-state index contributed by atoms with van der Waals surface area (Å²) < 4.78 is 6.40. The summed E-state index contributed by atoms with van der Waals surface area (Å²) in [5.74, 6) is 0.535. The van der Waals surface area contributed by atoms with Crippen LogP contribution in [-0.2, 0) is 11.3 Å². The number of amides is 1. The summed E-state index contributed by atoms with van der Waals surface area (Å²) >= 11 is 3.35. The van der Waals surface area contributed by atoms with Crippen LogP contribution in [0.1, 0.15) is 5.56 Å². The van der Waals surface area contributed by atoms with Gasteiger partial charge < -0.3 is 15.0 Å². The van der Waals surface area contributed by atoms with Crippen molar-refractivity contribution in [1.82, 2.24) is 5.32 Å². The van der Waals surface area contributed by atoms with Crippen LogP contribution in [0.5, 0.6) is 5.75 Å². The Morgan fingerprint density at radius 2 is 1.73 bits per heavy atom. The Labute approximate surface area is 139 Å². The van der Waals surface area contributed by atoms with Crippen LogP contribution in [0, 0.1) is 0 Å². The third-order valence-corrected chi connectivity index (χ3v) is 3.65. The van der Waals surface area contributed by atoms with E-state index in [0.717, 1.165) is 15.7 Å². The lowest BCUT2D eigenvalue weighted by molar-refractivity contribution is -0.123. The quantitative estimate of drug-likeness (QED) is 0.857. The van der Waals surface area contributed by atoms with Gasteiger partial charge in [-0.1, -0.05) is 28.1 Å². The number of carbonyl (C=O) groups is 1. The molecule has 0 radical (unpaired) electrons. The average molecular weight is 363 g/mol. The molecule has 2 aromatic rings. The Balaban J connectivity index is 1.76. The van der Waals surface area contributed by atoms with Crippen LogP contribution in [-0.4, -0.2) is 26.6 Å². The Bertz CT molecular complexity index is 610. The van der Waals surface area contributed by atoms with Crippen molar-refractivity contribution in [2.75, 3.05) is 25.6 Å². The van der Waals surface area contributed by atoms with Gasteiger partial charge >= 0.3 is 0 Å². The number of nitrogens with zero attached hydrogens (tertiary/aromatic N) is 1. The molecule has 0 aromatic heterocycles. The molecule has 5 heteroatoms. The van der Waals surface area contributed by atoms with Gasteiger partial charge in [0.25, 0.3) is 5.91 Å². The number of hydrogen-bond acceptors (Lipinski definition) is 3. The largest absolute Gasteiger partial charge is 0.484 e. The summed E-state index contributed by atoms with van der Waals surface area (Å²) in [5, 5.41) is 2.84. The molecule has 2 aromatic carbocycles. The normalized spacial score (nSPS) is 10.1. The van der Waals surface area contributed by atoms with Crippen molar-refractivity contribution >= 4 is 27.5 Å². The van der Waals surface area contributed by atoms with E-state index in [2.05, 4.69) is 21.2 Å². The molecule has 0 unspecified atom stereocenters. The standard InChI is InChI=1S/C17H19BrN2O2/c1-20(2)15-7-3-13(4-8-15)11-19-17(21)12-22-16-9-5-14(18)6-10-16/h3-10H,11-12H2,1-2H3,(H,19,21). The van der Waals surface area contributed by atoms with Gasteiger partial charge in [0, 0.05) is 30.8 Å². The Morgan fingerprint density at radius 1 is 1.09 bits per heavy atom. The van der Waals surface area contributed by atoms with E-state index in [1.807, 2.05) is 67.5 Å². The Hall–Kier alpha value is -2.01. The van der Waals surface area contributed by atoms with Crippen molar-refractivity contribution in [2.45, 2.75) is 6.54 Å². The first-order valence-electron chi connectivity index (χ1n) is 6.96. The molecule has 22 heavy (non-hydrogen) atoms. The van der Waals surface area contributed by atoms with E-state index in [4.69, 9.17) is 4.74 Å². The zero-order chi connectivity index (χ0) is 15.9. The number of anilines is 1. The molecule has 1 amide bonds. The lowest BCUT2D eigenvalue weighted by atomic mass is 10.2. The van der Waals surface area contributed by atoms with Crippen molar-refractivity contribution in [3.8, 4) is 5.75 Å². The average Bonchev–Trinajstić information content (AvgIpc) is 2.52. The number of nitrogens with one attached hydrogen (secondary N) is 1. The van der Waals surface area contributed by atoms with Crippen LogP contribution >= 0.6 is 15.9 Å². The monoisotopic (exact) mass is 362 g/mol. The summed E-state index contributed by atoms with van der Waals surface area (Å²) in [5.41, 5.74) is 2.19. The van der Waals surface area contributed by atoms with E-state index in [1.165, 1.54) is 0 Å². The first-order valence-corrected chi connectivity index (χ1v) is 7.75. The molecule has 4 nitrogen and oxygen atoms in total. The SMILES string of the molecule is CN(C)c1ccc(CNC(=O)COc2ccc(Br)cc2)cc1. The molecule has 1 N–H and O–H groups in total. The van der Waals surface area contributed by atoms with E-state index in [0.29, 0.717) is 12.3 Å². The molecule has 0 aliphatic rings. The van der Waals surface area contributed by atoms with Gasteiger partial charge in [-0.3, -0.25) is 4.79 Å². The molecule has 0 heterocycles. The topological polar surface area (TPSA) is 41.6 Å². The second-order valence-corrected chi connectivity index (χ2v) is 6.00. The summed E-state index contributed by atoms with van der Waals surface area (Å²) in [6.45, 7) is 0.508. The number of halogens is 1. The van der Waals surface area contributed by atoms with Gasteiger partial charge in [0.15, 0.2) is 6.61 Å². The predicted octanol–water partition coefficient (Wildman–Crippen LogP) is 3.21. The molecule has 2 rings (SSSR count). The fraction of sp³-hybridized carbons (Fsp3) is 0.235. The lowest BCUT2D eigenvalue weighted by Crippen LogP contribution is -2.28. The third kappa shape index (κ3) is 5.07. The molecule has 0 fully saturated rings. The maximum absolute atomic E-state index is 11.8. The van der Waals surface area contributed by atoms with E-state index < -0.39 is 0 Å². The van der Waals surface area contributed by atoms with E-state index >= 15 is 0 Å². The van der Waals surface area contributed by atoms with Crippen LogP contribution in [0.15, 0.2) is 53.0 Å². The minimum atomic E-state index is -0.139. The van der Waals surface area contributed by atoms with E-state index in [9.17, 15) is 4.79 Å². The van der Waals surface area contributed by atoms with Crippen molar-refractivity contribution in [3.63, 3.8) is 0 Å². The van der Waals surface area contributed by atoms with Crippen molar-refractivity contribution < 1.29 is 9.53 Å². The molecule has 0 atom stereocenters. The molecule has 0 aliphatic heterocycles. The number of hydrogen-bond donors (Lipinski definition) is 1. The molecule has 0 saturated heterocycles. The van der Waals surface area contributed by atoms with Gasteiger partial charge in [-0.25, -0.2) is 0 Å². The van der Waals surface area contributed by atoms with Crippen molar-refractivity contribution in [3.05, 3.63) is 58.6 Å². The van der Waals surface area contributed by atoms with Gasteiger partial charge in [-0.05, 0) is 42.0 Å². The maximum Gasteiger partial charge on any atom is 0.258 e. The summed E-state index contributed by atoms with van der Waals surface area (Å²) in [4.78, 5) is 13.8.